The Morgan fingerprint density at radius 2 is 1.25 bits per heavy atom. The van der Waals surface area contributed by atoms with Crippen molar-refractivity contribution in [2.45, 2.75) is 85.0 Å². The van der Waals surface area contributed by atoms with Gasteiger partial charge in [-0.2, -0.15) is 0 Å². The molecule has 1 nitrogen and oxygen atoms in total. The van der Waals surface area contributed by atoms with Crippen LogP contribution in [0.5, 0.6) is 5.75 Å². The third kappa shape index (κ3) is 3.37. The highest BCUT2D eigenvalue weighted by atomic mass is 16.3. The molecule has 0 unspecified atom stereocenters. The van der Waals surface area contributed by atoms with E-state index in [-0.39, 0.29) is 10.8 Å². The molecule has 0 aliphatic heterocycles. The second kappa shape index (κ2) is 6.20. The van der Waals surface area contributed by atoms with Crippen LogP contribution in [0.3, 0.4) is 0 Å². The van der Waals surface area contributed by atoms with Gasteiger partial charge in [-0.1, -0.05) is 67.0 Å². The van der Waals surface area contributed by atoms with Crippen LogP contribution in [0.1, 0.15) is 84.4 Å². The molecular formula is C19H32O. The highest BCUT2D eigenvalue weighted by Gasteiger charge is 2.29. The third-order valence-electron chi connectivity index (χ3n) is 4.93. The van der Waals surface area contributed by atoms with Gasteiger partial charge in [-0.3, -0.25) is 0 Å². The van der Waals surface area contributed by atoms with Gasteiger partial charge < -0.3 is 5.11 Å². The second-order valence-corrected chi connectivity index (χ2v) is 7.26. The monoisotopic (exact) mass is 276 g/mol. The predicted octanol–water partition coefficient (Wildman–Crippen LogP) is 5.72. The molecule has 1 rings (SSSR count). The quantitative estimate of drug-likeness (QED) is 0.704. The summed E-state index contributed by atoms with van der Waals surface area (Å²) < 4.78 is 0. The molecule has 1 heteroatoms. The normalized spacial score (nSPS) is 12.8. The summed E-state index contributed by atoms with van der Waals surface area (Å²) in [6.07, 6.45) is 4.28. The van der Waals surface area contributed by atoms with Crippen LogP contribution < -0.4 is 0 Å². The molecule has 1 N–H and O–H groups in total. The van der Waals surface area contributed by atoms with Gasteiger partial charge in [0.05, 0.1) is 0 Å². The molecule has 1 aromatic carbocycles. The maximum Gasteiger partial charge on any atom is 0.123 e. The highest BCUT2D eigenvalue weighted by Crippen LogP contribution is 2.42. The van der Waals surface area contributed by atoms with Crippen molar-refractivity contribution in [3.05, 3.63) is 28.8 Å². The van der Waals surface area contributed by atoms with Gasteiger partial charge in [0.15, 0.2) is 0 Å². The zero-order chi connectivity index (χ0) is 15.6. The van der Waals surface area contributed by atoms with Crippen LogP contribution in [0.25, 0.3) is 0 Å². The molecule has 0 aliphatic carbocycles. The Morgan fingerprint density at radius 3 is 1.55 bits per heavy atom. The van der Waals surface area contributed by atoms with Gasteiger partial charge in [0, 0.05) is 11.1 Å². The molecule has 0 radical (unpaired) electrons. The minimum atomic E-state index is 0.0202. The number of hydrogen-bond acceptors (Lipinski definition) is 1. The van der Waals surface area contributed by atoms with E-state index in [0.29, 0.717) is 5.75 Å². The summed E-state index contributed by atoms with van der Waals surface area (Å²) in [6.45, 7) is 15.5. The average Bonchev–Trinajstić information content (AvgIpc) is 2.40. The Bertz CT molecular complexity index is 418. The Hall–Kier alpha value is -0.980. The maximum atomic E-state index is 10.8. The van der Waals surface area contributed by atoms with Crippen LogP contribution in [-0.4, -0.2) is 5.11 Å². The first-order chi connectivity index (χ1) is 9.19. The van der Waals surface area contributed by atoms with E-state index in [1.54, 1.807) is 0 Å². The van der Waals surface area contributed by atoms with Crippen molar-refractivity contribution in [3.63, 3.8) is 0 Å². The Kier molecular flexibility index (Phi) is 5.29. The van der Waals surface area contributed by atoms with Gasteiger partial charge in [0.1, 0.15) is 5.75 Å². The summed E-state index contributed by atoms with van der Waals surface area (Å²) in [5.74, 6) is 0.517. The summed E-state index contributed by atoms with van der Waals surface area (Å²) in [6, 6.07) is 4.44. The van der Waals surface area contributed by atoms with Gasteiger partial charge in [0.25, 0.3) is 0 Å². The van der Waals surface area contributed by atoms with Gasteiger partial charge >= 0.3 is 0 Å². The number of benzene rings is 1. The van der Waals surface area contributed by atoms with Crippen molar-refractivity contribution in [1.82, 2.24) is 0 Å². The molecule has 0 heterocycles. The molecule has 0 amide bonds. The van der Waals surface area contributed by atoms with E-state index in [1.807, 2.05) is 0 Å². The molecule has 1 aromatic rings. The third-order valence-corrected chi connectivity index (χ3v) is 4.93. The standard InChI is InChI=1S/C19H32O/c1-8-11-14-12-15(18(4,5)9-2)17(20)16(13-14)19(6,7)10-3/h12-13,20H,8-11H2,1-7H3. The minimum absolute atomic E-state index is 0.0202. The van der Waals surface area contributed by atoms with Crippen molar-refractivity contribution in [1.29, 1.82) is 0 Å². The Morgan fingerprint density at radius 1 is 0.850 bits per heavy atom. The average molecular weight is 276 g/mol. The van der Waals surface area contributed by atoms with Crippen LogP contribution in [0.15, 0.2) is 12.1 Å². The van der Waals surface area contributed by atoms with Gasteiger partial charge in [-0.25, -0.2) is 0 Å². The van der Waals surface area contributed by atoms with Crippen molar-refractivity contribution in [2.75, 3.05) is 0 Å². The molecule has 0 bridgehead atoms. The summed E-state index contributed by atoms with van der Waals surface area (Å²) in [7, 11) is 0. The lowest BCUT2D eigenvalue weighted by Crippen LogP contribution is -2.21. The maximum absolute atomic E-state index is 10.8. The first-order valence-corrected chi connectivity index (χ1v) is 8.06. The van der Waals surface area contributed by atoms with E-state index in [1.165, 1.54) is 5.56 Å². The molecule has 0 atom stereocenters. The molecule has 0 spiro atoms. The molecule has 0 fully saturated rings. The van der Waals surface area contributed by atoms with Crippen LogP contribution in [-0.2, 0) is 17.3 Å². The Balaban J connectivity index is 3.53. The second-order valence-electron chi connectivity index (χ2n) is 7.26. The minimum Gasteiger partial charge on any atom is -0.507 e. The summed E-state index contributed by atoms with van der Waals surface area (Å²) in [4.78, 5) is 0. The lowest BCUT2D eigenvalue weighted by molar-refractivity contribution is 0.399. The number of phenolic OH excluding ortho intramolecular Hbond substituents is 1. The van der Waals surface area contributed by atoms with E-state index in [2.05, 4.69) is 60.6 Å². The van der Waals surface area contributed by atoms with Crippen LogP contribution in [0, 0.1) is 0 Å². The molecule has 0 saturated heterocycles. The number of hydrogen-bond donors (Lipinski definition) is 1. The van der Waals surface area contributed by atoms with Gasteiger partial charge in [-0.05, 0) is 35.7 Å². The van der Waals surface area contributed by atoms with Crippen LogP contribution in [0.4, 0.5) is 0 Å². The molecule has 114 valence electrons. The van der Waals surface area contributed by atoms with Gasteiger partial charge in [0.2, 0.25) is 0 Å². The van der Waals surface area contributed by atoms with Gasteiger partial charge in [-0.15, -0.1) is 0 Å². The van der Waals surface area contributed by atoms with Crippen LogP contribution in [0.2, 0.25) is 0 Å². The zero-order valence-electron chi connectivity index (χ0n) is 14.4. The first-order valence-electron chi connectivity index (χ1n) is 8.06. The fourth-order valence-corrected chi connectivity index (χ4v) is 2.54. The fraction of sp³-hybridized carbons (Fsp3) is 0.684. The van der Waals surface area contributed by atoms with Crippen molar-refractivity contribution < 1.29 is 5.11 Å². The first kappa shape index (κ1) is 17.1. The smallest absolute Gasteiger partial charge is 0.123 e. The number of aromatic hydroxyl groups is 1. The zero-order valence-corrected chi connectivity index (χ0v) is 14.4. The van der Waals surface area contributed by atoms with Crippen molar-refractivity contribution in [2.24, 2.45) is 0 Å². The lowest BCUT2D eigenvalue weighted by Gasteiger charge is -2.31. The number of rotatable bonds is 6. The fourth-order valence-electron chi connectivity index (χ4n) is 2.54. The SMILES string of the molecule is CCCc1cc(C(C)(C)CC)c(O)c(C(C)(C)CC)c1. The van der Waals surface area contributed by atoms with Crippen molar-refractivity contribution >= 4 is 0 Å². The molecule has 20 heavy (non-hydrogen) atoms. The van der Waals surface area contributed by atoms with E-state index in [9.17, 15) is 5.11 Å². The molecule has 0 aliphatic rings. The lowest BCUT2D eigenvalue weighted by atomic mass is 9.74. The number of phenols is 1. The van der Waals surface area contributed by atoms with Crippen LogP contribution >= 0.6 is 0 Å². The summed E-state index contributed by atoms with van der Waals surface area (Å²) >= 11 is 0. The highest BCUT2D eigenvalue weighted by molar-refractivity contribution is 5.50. The molecule has 0 aromatic heterocycles. The Labute approximate surface area is 125 Å². The van der Waals surface area contributed by atoms with E-state index >= 15 is 0 Å². The summed E-state index contributed by atoms with van der Waals surface area (Å²) in [5.41, 5.74) is 3.63. The van der Waals surface area contributed by atoms with Crippen molar-refractivity contribution in [3.8, 4) is 5.75 Å². The topological polar surface area (TPSA) is 20.2 Å². The van der Waals surface area contributed by atoms with E-state index in [4.69, 9.17) is 0 Å². The van der Waals surface area contributed by atoms with E-state index < -0.39 is 0 Å². The predicted molar refractivity (Wildman–Crippen MR) is 88.7 cm³/mol. The largest absolute Gasteiger partial charge is 0.507 e. The number of aryl methyl sites for hydroxylation is 1. The van der Waals surface area contributed by atoms with E-state index in [0.717, 1.165) is 36.8 Å². The summed E-state index contributed by atoms with van der Waals surface area (Å²) in [5, 5.41) is 10.8. The molecule has 0 saturated carbocycles. The molecular weight excluding hydrogens is 244 g/mol.